The average Bonchev–Trinajstić information content (AvgIpc) is 2.29. The highest BCUT2D eigenvalue weighted by atomic mass is 35.5. The first kappa shape index (κ1) is 12.2. The molecule has 1 atom stereocenters. The molecule has 0 spiro atoms. The number of hydrogen-bond acceptors (Lipinski definition) is 3. The minimum atomic E-state index is 0.419. The van der Waals surface area contributed by atoms with Gasteiger partial charge in [-0.15, -0.1) is 16.7 Å². The molecule has 0 N–H and O–H groups in total. The van der Waals surface area contributed by atoms with Gasteiger partial charge in [0.25, 0.3) is 0 Å². The van der Waals surface area contributed by atoms with Gasteiger partial charge in [-0.3, -0.25) is 0 Å². The molecule has 15 heavy (non-hydrogen) atoms. The van der Waals surface area contributed by atoms with Crippen LogP contribution in [0.4, 0.5) is 5.82 Å². The van der Waals surface area contributed by atoms with Crippen LogP contribution in [0.3, 0.4) is 0 Å². The molecule has 0 amide bonds. The summed E-state index contributed by atoms with van der Waals surface area (Å²) < 4.78 is 0. The van der Waals surface area contributed by atoms with Crippen molar-refractivity contribution in [3.63, 3.8) is 0 Å². The molecule has 1 rings (SSSR count). The second kappa shape index (κ2) is 5.91. The van der Waals surface area contributed by atoms with Crippen molar-refractivity contribution < 1.29 is 0 Å². The lowest BCUT2D eigenvalue weighted by Gasteiger charge is -2.21. The van der Waals surface area contributed by atoms with E-state index in [0.717, 1.165) is 18.1 Å². The quantitative estimate of drug-likeness (QED) is 0.725. The van der Waals surface area contributed by atoms with E-state index in [0.29, 0.717) is 11.8 Å². The van der Waals surface area contributed by atoms with Crippen molar-refractivity contribution in [1.29, 1.82) is 0 Å². The number of rotatable bonds is 5. The maximum absolute atomic E-state index is 5.65. The van der Waals surface area contributed by atoms with Gasteiger partial charge < -0.3 is 4.90 Å². The number of hydrogen-bond donors (Lipinski definition) is 0. The van der Waals surface area contributed by atoms with Gasteiger partial charge in [0.15, 0.2) is 5.82 Å². The molecular formula is C11H18ClN3. The SMILES string of the molecule is CCC(C)CN(C)c1ccc(CCl)nn1. The number of nitrogens with zero attached hydrogens (tertiary/aromatic N) is 3. The molecule has 1 heterocycles. The maximum atomic E-state index is 5.65. The van der Waals surface area contributed by atoms with Gasteiger partial charge in [-0.2, -0.15) is 5.10 Å². The molecule has 0 aliphatic rings. The Bertz CT molecular complexity index is 286. The standard InChI is InChI=1S/C11H18ClN3/c1-4-9(2)8-15(3)11-6-5-10(7-12)13-14-11/h5-6,9H,4,7-8H2,1-3H3. The van der Waals surface area contributed by atoms with Crippen LogP contribution in [0.2, 0.25) is 0 Å². The van der Waals surface area contributed by atoms with Crippen LogP contribution >= 0.6 is 11.6 Å². The summed E-state index contributed by atoms with van der Waals surface area (Å²) in [4.78, 5) is 2.12. The largest absolute Gasteiger partial charge is 0.358 e. The van der Waals surface area contributed by atoms with Gasteiger partial charge in [-0.1, -0.05) is 20.3 Å². The molecule has 0 saturated heterocycles. The van der Waals surface area contributed by atoms with Crippen molar-refractivity contribution >= 4 is 17.4 Å². The number of halogens is 1. The molecule has 4 heteroatoms. The van der Waals surface area contributed by atoms with E-state index in [1.54, 1.807) is 0 Å². The van der Waals surface area contributed by atoms with Gasteiger partial charge in [0.2, 0.25) is 0 Å². The fraction of sp³-hybridized carbons (Fsp3) is 0.636. The number of aromatic nitrogens is 2. The fourth-order valence-corrected chi connectivity index (χ4v) is 1.46. The summed E-state index contributed by atoms with van der Waals surface area (Å²) in [5.41, 5.74) is 0.817. The zero-order valence-electron chi connectivity index (χ0n) is 9.57. The third-order valence-corrected chi connectivity index (χ3v) is 2.79. The molecule has 3 nitrogen and oxygen atoms in total. The van der Waals surface area contributed by atoms with E-state index in [1.165, 1.54) is 6.42 Å². The maximum Gasteiger partial charge on any atom is 0.150 e. The van der Waals surface area contributed by atoms with Crippen molar-refractivity contribution in [2.24, 2.45) is 5.92 Å². The molecule has 1 unspecified atom stereocenters. The monoisotopic (exact) mass is 227 g/mol. The zero-order valence-corrected chi connectivity index (χ0v) is 10.3. The van der Waals surface area contributed by atoms with Gasteiger partial charge in [0, 0.05) is 13.6 Å². The predicted octanol–water partition coefficient (Wildman–Crippen LogP) is 2.70. The third kappa shape index (κ3) is 3.67. The molecule has 0 bridgehead atoms. The van der Waals surface area contributed by atoms with Crippen LogP contribution < -0.4 is 4.90 Å². The van der Waals surface area contributed by atoms with Crippen molar-refractivity contribution in [3.05, 3.63) is 17.8 Å². The summed E-state index contributed by atoms with van der Waals surface area (Å²) in [7, 11) is 2.04. The van der Waals surface area contributed by atoms with E-state index in [1.807, 2.05) is 19.2 Å². The van der Waals surface area contributed by atoms with Crippen molar-refractivity contribution in [3.8, 4) is 0 Å². The van der Waals surface area contributed by atoms with E-state index in [2.05, 4.69) is 28.9 Å². The Morgan fingerprint density at radius 2 is 2.13 bits per heavy atom. The van der Waals surface area contributed by atoms with Crippen LogP contribution in [-0.4, -0.2) is 23.8 Å². The second-order valence-corrected chi connectivity index (χ2v) is 4.18. The van der Waals surface area contributed by atoms with Crippen molar-refractivity contribution in [2.75, 3.05) is 18.5 Å². The predicted molar refractivity (Wildman–Crippen MR) is 64.3 cm³/mol. The summed E-state index contributed by atoms with van der Waals surface area (Å²) in [5.74, 6) is 2.00. The molecule has 0 aliphatic carbocycles. The van der Waals surface area contributed by atoms with Crippen LogP contribution in [-0.2, 0) is 5.88 Å². The van der Waals surface area contributed by atoms with E-state index < -0.39 is 0 Å². The molecule has 0 saturated carbocycles. The summed E-state index contributed by atoms with van der Waals surface area (Å²) in [6.07, 6.45) is 1.18. The van der Waals surface area contributed by atoms with Crippen LogP contribution in [0, 0.1) is 5.92 Å². The first-order chi connectivity index (χ1) is 7.17. The first-order valence-electron chi connectivity index (χ1n) is 5.27. The van der Waals surface area contributed by atoms with E-state index in [4.69, 9.17) is 11.6 Å². The Hall–Kier alpha value is -0.830. The van der Waals surface area contributed by atoms with Gasteiger partial charge in [0.05, 0.1) is 11.6 Å². The summed E-state index contributed by atoms with van der Waals surface area (Å²) in [5, 5.41) is 8.16. The lowest BCUT2D eigenvalue weighted by molar-refractivity contribution is 0.556. The molecule has 0 aromatic carbocycles. The summed E-state index contributed by atoms with van der Waals surface area (Å²) in [6, 6.07) is 3.88. The van der Waals surface area contributed by atoms with E-state index in [9.17, 15) is 0 Å². The molecule has 84 valence electrons. The van der Waals surface area contributed by atoms with Crippen LogP contribution in [0.15, 0.2) is 12.1 Å². The lowest BCUT2D eigenvalue weighted by Crippen LogP contribution is -2.24. The van der Waals surface area contributed by atoms with Crippen LogP contribution in [0.1, 0.15) is 26.0 Å². The highest BCUT2D eigenvalue weighted by Crippen LogP contribution is 2.11. The Balaban J connectivity index is 2.61. The fourth-order valence-electron chi connectivity index (χ4n) is 1.32. The molecule has 0 fully saturated rings. The Morgan fingerprint density at radius 1 is 1.40 bits per heavy atom. The van der Waals surface area contributed by atoms with E-state index in [-0.39, 0.29) is 0 Å². The minimum absolute atomic E-state index is 0.419. The zero-order chi connectivity index (χ0) is 11.3. The summed E-state index contributed by atoms with van der Waals surface area (Å²) in [6.45, 7) is 5.43. The molecule has 0 radical (unpaired) electrons. The molecule has 1 aromatic heterocycles. The highest BCUT2D eigenvalue weighted by Gasteiger charge is 2.07. The summed E-state index contributed by atoms with van der Waals surface area (Å²) >= 11 is 5.65. The van der Waals surface area contributed by atoms with Gasteiger partial charge in [-0.25, -0.2) is 0 Å². The van der Waals surface area contributed by atoms with E-state index >= 15 is 0 Å². The highest BCUT2D eigenvalue weighted by molar-refractivity contribution is 6.16. The van der Waals surface area contributed by atoms with Crippen molar-refractivity contribution in [2.45, 2.75) is 26.1 Å². The number of anilines is 1. The lowest BCUT2D eigenvalue weighted by atomic mass is 10.1. The van der Waals surface area contributed by atoms with Crippen LogP contribution in [0.25, 0.3) is 0 Å². The third-order valence-electron chi connectivity index (χ3n) is 2.52. The van der Waals surface area contributed by atoms with Gasteiger partial charge >= 0.3 is 0 Å². The molecule has 1 aromatic rings. The Morgan fingerprint density at radius 3 is 2.60 bits per heavy atom. The van der Waals surface area contributed by atoms with Crippen LogP contribution in [0.5, 0.6) is 0 Å². The average molecular weight is 228 g/mol. The Kier molecular flexibility index (Phi) is 4.82. The smallest absolute Gasteiger partial charge is 0.150 e. The number of alkyl halides is 1. The van der Waals surface area contributed by atoms with Gasteiger partial charge in [0.1, 0.15) is 0 Å². The first-order valence-corrected chi connectivity index (χ1v) is 5.80. The van der Waals surface area contributed by atoms with Gasteiger partial charge in [-0.05, 0) is 18.1 Å². The van der Waals surface area contributed by atoms with Crippen molar-refractivity contribution in [1.82, 2.24) is 10.2 Å². The normalized spacial score (nSPS) is 12.5. The topological polar surface area (TPSA) is 29.0 Å². The Labute approximate surface area is 96.5 Å². The molecule has 0 aliphatic heterocycles. The minimum Gasteiger partial charge on any atom is -0.358 e. The molecular weight excluding hydrogens is 210 g/mol. The second-order valence-electron chi connectivity index (χ2n) is 3.91.